The van der Waals surface area contributed by atoms with Gasteiger partial charge in [-0.1, -0.05) is 23.7 Å². The van der Waals surface area contributed by atoms with Gasteiger partial charge in [-0.25, -0.2) is 0 Å². The average Bonchev–Trinajstić information content (AvgIpc) is 2.53. The highest BCUT2D eigenvalue weighted by Crippen LogP contribution is 2.26. The molecule has 2 rings (SSSR count). The van der Waals surface area contributed by atoms with Gasteiger partial charge in [-0.15, -0.1) is 0 Å². The molecule has 0 amide bonds. The second-order valence-corrected chi connectivity index (χ2v) is 4.12. The Kier molecular flexibility index (Phi) is 2.63. The molecule has 5 heteroatoms. The predicted molar refractivity (Wildman–Crippen MR) is 63.6 cm³/mol. The normalized spacial score (nSPS) is 10.6. The topological polar surface area (TPSA) is 33.6 Å². The standard InChI is InChI=1S/C10H10ClN3S/c1-6-7(4-3-5-8(6)11)9-12-13-10(15)14(9)2/h3-5H,1-2H3,(H,13,15). The van der Waals surface area contributed by atoms with Gasteiger partial charge < -0.3 is 4.57 Å². The van der Waals surface area contributed by atoms with Crippen LogP contribution in [0, 0.1) is 11.7 Å². The molecule has 1 N–H and O–H groups in total. The number of aromatic amines is 1. The van der Waals surface area contributed by atoms with Crippen LogP contribution in [0.3, 0.4) is 0 Å². The number of hydrogen-bond donors (Lipinski definition) is 1. The quantitative estimate of drug-likeness (QED) is 0.776. The Morgan fingerprint density at radius 2 is 2.20 bits per heavy atom. The first kappa shape index (κ1) is 10.4. The fraction of sp³-hybridized carbons (Fsp3) is 0.200. The Bertz CT molecular complexity index is 556. The summed E-state index contributed by atoms with van der Waals surface area (Å²) in [4.78, 5) is 0. The maximum Gasteiger partial charge on any atom is 0.195 e. The molecule has 2 aromatic rings. The van der Waals surface area contributed by atoms with Crippen molar-refractivity contribution >= 4 is 23.8 Å². The van der Waals surface area contributed by atoms with Crippen LogP contribution in [0.4, 0.5) is 0 Å². The molecule has 0 aliphatic heterocycles. The van der Waals surface area contributed by atoms with Gasteiger partial charge >= 0.3 is 0 Å². The van der Waals surface area contributed by atoms with Crippen LogP contribution in [0.2, 0.25) is 5.02 Å². The Labute approximate surface area is 97.7 Å². The number of hydrogen-bond acceptors (Lipinski definition) is 2. The van der Waals surface area contributed by atoms with Gasteiger partial charge in [-0.05, 0) is 30.8 Å². The van der Waals surface area contributed by atoms with E-state index in [4.69, 9.17) is 23.8 Å². The van der Waals surface area contributed by atoms with Crippen LogP contribution >= 0.6 is 23.8 Å². The zero-order chi connectivity index (χ0) is 11.0. The van der Waals surface area contributed by atoms with Crippen LogP contribution in [-0.4, -0.2) is 14.8 Å². The summed E-state index contributed by atoms with van der Waals surface area (Å²) >= 11 is 11.1. The predicted octanol–water partition coefficient (Wildman–Crippen LogP) is 3.11. The number of nitrogens with one attached hydrogen (secondary N) is 1. The lowest BCUT2D eigenvalue weighted by Crippen LogP contribution is -1.94. The second kappa shape index (κ2) is 3.79. The minimum Gasteiger partial charge on any atom is -0.303 e. The number of halogens is 1. The van der Waals surface area contributed by atoms with Crippen molar-refractivity contribution in [3.63, 3.8) is 0 Å². The highest BCUT2D eigenvalue weighted by molar-refractivity contribution is 7.71. The summed E-state index contributed by atoms with van der Waals surface area (Å²) in [6.07, 6.45) is 0. The Morgan fingerprint density at radius 1 is 1.47 bits per heavy atom. The summed E-state index contributed by atoms with van der Waals surface area (Å²) < 4.78 is 2.43. The third-order valence-corrected chi connectivity index (χ3v) is 3.16. The van der Waals surface area contributed by atoms with E-state index in [1.807, 2.05) is 36.7 Å². The number of aromatic nitrogens is 3. The van der Waals surface area contributed by atoms with Crippen LogP contribution in [0.15, 0.2) is 18.2 Å². The van der Waals surface area contributed by atoms with Crippen LogP contribution in [0.1, 0.15) is 5.56 Å². The number of benzene rings is 1. The van der Waals surface area contributed by atoms with E-state index in [1.54, 1.807) is 0 Å². The molecule has 0 atom stereocenters. The summed E-state index contributed by atoms with van der Waals surface area (Å²) in [7, 11) is 1.88. The van der Waals surface area contributed by atoms with Crippen molar-refractivity contribution in [3.05, 3.63) is 33.6 Å². The number of rotatable bonds is 1. The lowest BCUT2D eigenvalue weighted by molar-refractivity contribution is 0.901. The molecule has 0 radical (unpaired) electrons. The van der Waals surface area contributed by atoms with E-state index >= 15 is 0 Å². The maximum absolute atomic E-state index is 6.05. The fourth-order valence-corrected chi connectivity index (χ4v) is 1.74. The molecule has 0 aliphatic rings. The van der Waals surface area contributed by atoms with E-state index < -0.39 is 0 Å². The largest absolute Gasteiger partial charge is 0.303 e. The van der Waals surface area contributed by atoms with Crippen LogP contribution in [0.5, 0.6) is 0 Å². The Morgan fingerprint density at radius 3 is 2.80 bits per heavy atom. The van der Waals surface area contributed by atoms with Gasteiger partial charge in [0.2, 0.25) is 0 Å². The number of nitrogens with zero attached hydrogens (tertiary/aromatic N) is 2. The van der Waals surface area contributed by atoms with Crippen LogP contribution in [0.25, 0.3) is 11.4 Å². The highest BCUT2D eigenvalue weighted by atomic mass is 35.5. The molecule has 0 aliphatic carbocycles. The Hall–Kier alpha value is -1.13. The summed E-state index contributed by atoms with van der Waals surface area (Å²) in [5, 5.41) is 7.67. The maximum atomic E-state index is 6.05. The monoisotopic (exact) mass is 239 g/mol. The number of H-pyrrole nitrogens is 1. The summed E-state index contributed by atoms with van der Waals surface area (Å²) in [6, 6.07) is 5.75. The lowest BCUT2D eigenvalue weighted by atomic mass is 10.1. The van der Waals surface area contributed by atoms with E-state index in [9.17, 15) is 0 Å². The first-order valence-electron chi connectivity index (χ1n) is 4.48. The molecule has 1 aromatic carbocycles. The van der Waals surface area contributed by atoms with Gasteiger partial charge in [-0.3, -0.25) is 5.10 Å². The van der Waals surface area contributed by atoms with Gasteiger partial charge in [0.05, 0.1) is 0 Å². The third kappa shape index (κ3) is 1.70. The lowest BCUT2D eigenvalue weighted by Gasteiger charge is -2.05. The van der Waals surface area contributed by atoms with E-state index in [0.29, 0.717) is 4.77 Å². The van der Waals surface area contributed by atoms with Crippen molar-refractivity contribution in [2.75, 3.05) is 0 Å². The first-order valence-corrected chi connectivity index (χ1v) is 5.26. The van der Waals surface area contributed by atoms with Crippen molar-refractivity contribution < 1.29 is 0 Å². The molecule has 1 aromatic heterocycles. The Balaban J connectivity index is 2.69. The van der Waals surface area contributed by atoms with Crippen molar-refractivity contribution in [1.29, 1.82) is 0 Å². The van der Waals surface area contributed by atoms with E-state index in [-0.39, 0.29) is 0 Å². The molecule has 0 spiro atoms. The molecule has 78 valence electrons. The van der Waals surface area contributed by atoms with Crippen molar-refractivity contribution in [1.82, 2.24) is 14.8 Å². The van der Waals surface area contributed by atoms with E-state index in [0.717, 1.165) is 22.0 Å². The zero-order valence-corrected chi connectivity index (χ0v) is 9.99. The van der Waals surface area contributed by atoms with Crippen LogP contribution < -0.4 is 0 Å². The van der Waals surface area contributed by atoms with Crippen molar-refractivity contribution in [2.24, 2.45) is 7.05 Å². The molecule has 0 fully saturated rings. The highest BCUT2D eigenvalue weighted by Gasteiger charge is 2.09. The summed E-state index contributed by atoms with van der Waals surface area (Å²) in [6.45, 7) is 1.97. The molecule has 1 heterocycles. The summed E-state index contributed by atoms with van der Waals surface area (Å²) in [5.74, 6) is 0.806. The SMILES string of the molecule is Cc1c(Cl)cccc1-c1n[nH]c(=S)n1C. The van der Waals surface area contributed by atoms with Gasteiger partial charge in [0.15, 0.2) is 10.6 Å². The fourth-order valence-electron chi connectivity index (χ4n) is 1.44. The molecule has 0 saturated heterocycles. The van der Waals surface area contributed by atoms with Crippen molar-refractivity contribution in [2.45, 2.75) is 6.92 Å². The van der Waals surface area contributed by atoms with Gasteiger partial charge in [0, 0.05) is 17.6 Å². The van der Waals surface area contributed by atoms with Gasteiger partial charge in [0.1, 0.15) is 0 Å². The van der Waals surface area contributed by atoms with Gasteiger partial charge in [-0.2, -0.15) is 5.10 Å². The summed E-state index contributed by atoms with van der Waals surface area (Å²) in [5.41, 5.74) is 2.01. The zero-order valence-electron chi connectivity index (χ0n) is 8.41. The average molecular weight is 240 g/mol. The molecular weight excluding hydrogens is 230 g/mol. The van der Waals surface area contributed by atoms with E-state index in [2.05, 4.69) is 10.2 Å². The van der Waals surface area contributed by atoms with Crippen LogP contribution in [-0.2, 0) is 7.05 Å². The third-order valence-electron chi connectivity index (χ3n) is 2.39. The minimum atomic E-state index is 0.601. The molecule has 0 saturated carbocycles. The molecular formula is C10H10ClN3S. The molecule has 0 unspecified atom stereocenters. The molecule has 15 heavy (non-hydrogen) atoms. The smallest absolute Gasteiger partial charge is 0.195 e. The van der Waals surface area contributed by atoms with Crippen molar-refractivity contribution in [3.8, 4) is 11.4 Å². The molecule has 3 nitrogen and oxygen atoms in total. The first-order chi connectivity index (χ1) is 7.11. The molecule has 0 bridgehead atoms. The minimum absolute atomic E-state index is 0.601. The second-order valence-electron chi connectivity index (χ2n) is 3.32. The van der Waals surface area contributed by atoms with Gasteiger partial charge in [0.25, 0.3) is 0 Å². The van der Waals surface area contributed by atoms with E-state index in [1.165, 1.54) is 0 Å².